The molecule has 1 atom stereocenters. The number of anilines is 2. The van der Waals surface area contributed by atoms with Crippen LogP contribution < -0.4 is 10.6 Å². The minimum absolute atomic E-state index is 0.114. The number of hydrogen-bond acceptors (Lipinski definition) is 6. The van der Waals surface area contributed by atoms with Crippen molar-refractivity contribution < 1.29 is 19.1 Å². The third kappa shape index (κ3) is 3.29. The van der Waals surface area contributed by atoms with E-state index in [2.05, 4.69) is 30.6 Å². The summed E-state index contributed by atoms with van der Waals surface area (Å²) in [6, 6.07) is 2.94. The van der Waals surface area contributed by atoms with Crippen molar-refractivity contribution in [2.45, 2.75) is 19.4 Å². The highest BCUT2D eigenvalue weighted by Crippen LogP contribution is 2.21. The van der Waals surface area contributed by atoms with Crippen molar-refractivity contribution in [3.8, 4) is 0 Å². The molecule has 0 aliphatic rings. The monoisotopic (exact) mass is 358 g/mol. The summed E-state index contributed by atoms with van der Waals surface area (Å²) in [5.74, 6) is -2.53. The molecule has 0 radical (unpaired) electrons. The molecular weight excluding hydrogens is 343 g/mol. The number of halogens is 1. The molecule has 1 aromatic carbocycles. The van der Waals surface area contributed by atoms with Crippen molar-refractivity contribution in [3.63, 3.8) is 0 Å². The standard InChI is InChI=1S/C16H15FN6O3/c1-2-9(22-14-12-13(19-6-18-12)20-7-21-14)15(24)23-10-5-3-4-8(17)11(10)16(25)26/h3-7,9H,2H2,1H3,(H,23,24)(H,25,26)(H2,18,19,20,21,22)/t9-/m0/s1. The maximum absolute atomic E-state index is 13.7. The number of rotatable bonds is 6. The van der Waals surface area contributed by atoms with Gasteiger partial charge in [0.2, 0.25) is 5.91 Å². The Balaban J connectivity index is 1.83. The number of aromatic nitrogens is 4. The van der Waals surface area contributed by atoms with E-state index in [9.17, 15) is 14.0 Å². The number of H-pyrrole nitrogens is 1. The van der Waals surface area contributed by atoms with Crippen molar-refractivity contribution in [1.82, 2.24) is 19.9 Å². The summed E-state index contributed by atoms with van der Waals surface area (Å²) in [5.41, 5.74) is 0.276. The average molecular weight is 358 g/mol. The largest absolute Gasteiger partial charge is 0.478 e. The molecule has 0 spiro atoms. The number of aromatic amines is 1. The molecule has 0 fully saturated rings. The summed E-state index contributed by atoms with van der Waals surface area (Å²) in [6.45, 7) is 1.77. The highest BCUT2D eigenvalue weighted by atomic mass is 19.1. The maximum Gasteiger partial charge on any atom is 0.340 e. The number of carbonyl (C=O) groups excluding carboxylic acids is 1. The fraction of sp³-hybridized carbons (Fsp3) is 0.188. The zero-order valence-electron chi connectivity index (χ0n) is 13.7. The van der Waals surface area contributed by atoms with Crippen molar-refractivity contribution >= 4 is 34.5 Å². The van der Waals surface area contributed by atoms with Gasteiger partial charge in [-0.05, 0) is 18.6 Å². The van der Waals surface area contributed by atoms with Gasteiger partial charge in [-0.1, -0.05) is 13.0 Å². The van der Waals surface area contributed by atoms with E-state index in [1.807, 2.05) is 0 Å². The smallest absolute Gasteiger partial charge is 0.340 e. The van der Waals surface area contributed by atoms with Crippen LogP contribution >= 0.6 is 0 Å². The van der Waals surface area contributed by atoms with Crippen LogP contribution in [0, 0.1) is 5.82 Å². The number of nitrogens with one attached hydrogen (secondary N) is 3. The molecule has 0 saturated heterocycles. The number of nitrogens with zero attached hydrogens (tertiary/aromatic N) is 3. The van der Waals surface area contributed by atoms with Crippen LogP contribution in [0.1, 0.15) is 23.7 Å². The number of aromatic carboxylic acids is 1. The zero-order chi connectivity index (χ0) is 18.7. The van der Waals surface area contributed by atoms with Crippen LogP contribution in [0.5, 0.6) is 0 Å². The summed E-state index contributed by atoms with van der Waals surface area (Å²) >= 11 is 0. The molecule has 3 rings (SSSR count). The highest BCUT2D eigenvalue weighted by Gasteiger charge is 2.22. The van der Waals surface area contributed by atoms with E-state index in [1.54, 1.807) is 6.92 Å². The van der Waals surface area contributed by atoms with Crippen LogP contribution in [0.25, 0.3) is 11.2 Å². The fourth-order valence-corrected chi connectivity index (χ4v) is 2.46. The second-order valence-corrected chi connectivity index (χ2v) is 5.39. The maximum atomic E-state index is 13.7. The molecule has 2 aromatic heterocycles. The molecule has 26 heavy (non-hydrogen) atoms. The SMILES string of the molecule is CC[C@H](Nc1ncnc2nc[nH]c12)C(=O)Nc1cccc(F)c1C(=O)O. The van der Waals surface area contributed by atoms with E-state index in [1.165, 1.54) is 24.8 Å². The zero-order valence-corrected chi connectivity index (χ0v) is 13.7. The topological polar surface area (TPSA) is 133 Å². The lowest BCUT2D eigenvalue weighted by molar-refractivity contribution is -0.117. The molecule has 0 aliphatic carbocycles. The Hall–Kier alpha value is -3.56. The molecule has 3 aromatic rings. The van der Waals surface area contributed by atoms with Gasteiger partial charge in [-0.2, -0.15) is 0 Å². The Morgan fingerprint density at radius 2 is 2.12 bits per heavy atom. The first-order valence-corrected chi connectivity index (χ1v) is 7.74. The number of benzene rings is 1. The summed E-state index contributed by atoms with van der Waals surface area (Å²) in [6.07, 6.45) is 3.14. The van der Waals surface area contributed by atoms with E-state index in [-0.39, 0.29) is 5.69 Å². The Labute approximate surface area is 146 Å². The summed E-state index contributed by atoms with van der Waals surface area (Å²) in [7, 11) is 0. The van der Waals surface area contributed by atoms with E-state index in [0.29, 0.717) is 23.4 Å². The average Bonchev–Trinajstić information content (AvgIpc) is 3.08. The second kappa shape index (κ2) is 7.13. The van der Waals surface area contributed by atoms with E-state index >= 15 is 0 Å². The number of hydrogen-bond donors (Lipinski definition) is 4. The number of carboxylic acids is 1. The quantitative estimate of drug-likeness (QED) is 0.530. The minimum Gasteiger partial charge on any atom is -0.478 e. The van der Waals surface area contributed by atoms with Crippen LogP contribution in [0.2, 0.25) is 0 Å². The normalized spacial score (nSPS) is 11.9. The van der Waals surface area contributed by atoms with Gasteiger partial charge in [-0.3, -0.25) is 4.79 Å². The van der Waals surface area contributed by atoms with Crippen LogP contribution in [-0.4, -0.2) is 43.0 Å². The van der Waals surface area contributed by atoms with Crippen molar-refractivity contribution in [2.75, 3.05) is 10.6 Å². The van der Waals surface area contributed by atoms with Gasteiger partial charge in [0.25, 0.3) is 0 Å². The summed E-state index contributed by atoms with van der Waals surface area (Å²) in [5, 5.41) is 14.6. The number of imidazole rings is 1. The minimum atomic E-state index is -1.46. The van der Waals surface area contributed by atoms with Crippen molar-refractivity contribution in [3.05, 3.63) is 42.2 Å². The molecule has 0 saturated carbocycles. The van der Waals surface area contributed by atoms with Gasteiger partial charge in [0.1, 0.15) is 29.3 Å². The summed E-state index contributed by atoms with van der Waals surface area (Å²) in [4.78, 5) is 38.8. The third-order valence-corrected chi connectivity index (χ3v) is 3.74. The van der Waals surface area contributed by atoms with Gasteiger partial charge in [0, 0.05) is 0 Å². The van der Waals surface area contributed by atoms with Crippen LogP contribution in [0.4, 0.5) is 15.9 Å². The molecular formula is C16H15FN6O3. The van der Waals surface area contributed by atoms with Crippen LogP contribution in [0.3, 0.4) is 0 Å². The number of amides is 1. The molecule has 0 aliphatic heterocycles. The Morgan fingerprint density at radius 3 is 2.85 bits per heavy atom. The lowest BCUT2D eigenvalue weighted by Crippen LogP contribution is -2.35. The molecule has 0 bridgehead atoms. The van der Waals surface area contributed by atoms with Gasteiger partial charge in [0.05, 0.1) is 12.0 Å². The van der Waals surface area contributed by atoms with Gasteiger partial charge >= 0.3 is 5.97 Å². The Kier molecular flexibility index (Phi) is 4.74. The predicted octanol–water partition coefficient (Wildman–Crippen LogP) is 2.02. The Bertz CT molecular complexity index is 974. The first-order valence-electron chi connectivity index (χ1n) is 7.74. The molecule has 2 heterocycles. The molecule has 134 valence electrons. The molecule has 0 unspecified atom stereocenters. The van der Waals surface area contributed by atoms with Crippen LogP contribution in [-0.2, 0) is 4.79 Å². The van der Waals surface area contributed by atoms with E-state index in [0.717, 1.165) is 6.07 Å². The van der Waals surface area contributed by atoms with E-state index < -0.39 is 29.3 Å². The van der Waals surface area contributed by atoms with Crippen molar-refractivity contribution in [2.24, 2.45) is 0 Å². The molecule has 10 heteroatoms. The van der Waals surface area contributed by atoms with Crippen molar-refractivity contribution in [1.29, 1.82) is 0 Å². The first kappa shape index (κ1) is 17.3. The van der Waals surface area contributed by atoms with Gasteiger partial charge in [0.15, 0.2) is 11.5 Å². The van der Waals surface area contributed by atoms with Gasteiger partial charge < -0.3 is 20.7 Å². The highest BCUT2D eigenvalue weighted by molar-refractivity contribution is 6.03. The molecule has 4 N–H and O–H groups in total. The Morgan fingerprint density at radius 1 is 1.31 bits per heavy atom. The first-order chi connectivity index (χ1) is 12.5. The molecule has 1 amide bonds. The predicted molar refractivity (Wildman–Crippen MR) is 91.4 cm³/mol. The molecule has 9 nitrogen and oxygen atoms in total. The lowest BCUT2D eigenvalue weighted by Gasteiger charge is -2.18. The summed E-state index contributed by atoms with van der Waals surface area (Å²) < 4.78 is 13.7. The van der Waals surface area contributed by atoms with Gasteiger partial charge in [-0.25, -0.2) is 24.1 Å². The van der Waals surface area contributed by atoms with Gasteiger partial charge in [-0.15, -0.1) is 0 Å². The number of carbonyl (C=O) groups is 2. The third-order valence-electron chi connectivity index (χ3n) is 3.74. The van der Waals surface area contributed by atoms with E-state index in [4.69, 9.17) is 5.11 Å². The second-order valence-electron chi connectivity index (χ2n) is 5.39. The number of fused-ring (bicyclic) bond motifs is 1. The lowest BCUT2D eigenvalue weighted by atomic mass is 10.1. The number of carboxylic acid groups (broad SMARTS) is 1. The fourth-order valence-electron chi connectivity index (χ4n) is 2.46. The van der Waals surface area contributed by atoms with Crippen LogP contribution in [0.15, 0.2) is 30.9 Å².